The highest BCUT2D eigenvalue weighted by Crippen LogP contribution is 2.17. The maximum Gasteiger partial charge on any atom is 0.123 e. The largest absolute Gasteiger partial charge is 0.309 e. The van der Waals surface area contributed by atoms with Crippen LogP contribution in [0.2, 0.25) is 0 Å². The van der Waals surface area contributed by atoms with Gasteiger partial charge in [0.15, 0.2) is 0 Å². The summed E-state index contributed by atoms with van der Waals surface area (Å²) in [7, 11) is 0. The van der Waals surface area contributed by atoms with Crippen LogP contribution in [0.25, 0.3) is 0 Å². The van der Waals surface area contributed by atoms with Gasteiger partial charge in [0.1, 0.15) is 5.82 Å². The maximum atomic E-state index is 13.1. The number of hydrogen-bond donors (Lipinski definition) is 1. The zero-order valence-corrected chi connectivity index (χ0v) is 9.89. The summed E-state index contributed by atoms with van der Waals surface area (Å²) < 4.78 is 13.1. The van der Waals surface area contributed by atoms with Crippen LogP contribution in [0.1, 0.15) is 38.3 Å². The van der Waals surface area contributed by atoms with Gasteiger partial charge in [0.2, 0.25) is 0 Å². The zero-order chi connectivity index (χ0) is 11.8. The summed E-state index contributed by atoms with van der Waals surface area (Å²) >= 11 is 0. The molecular formula is C14H18FN. The fourth-order valence-electron chi connectivity index (χ4n) is 1.55. The summed E-state index contributed by atoms with van der Waals surface area (Å²) in [4.78, 5) is 0. The Bertz CT molecular complexity index is 376. The van der Waals surface area contributed by atoms with Crippen molar-refractivity contribution in [1.82, 2.24) is 5.32 Å². The van der Waals surface area contributed by atoms with Gasteiger partial charge in [-0.2, -0.15) is 0 Å². The molecule has 1 nitrogen and oxygen atoms in total. The van der Waals surface area contributed by atoms with Gasteiger partial charge in [-0.25, -0.2) is 4.39 Å². The molecule has 0 aliphatic rings. The third kappa shape index (κ3) is 4.04. The molecular weight excluding hydrogens is 201 g/mol. The molecule has 0 aromatic heterocycles. The third-order valence-corrected chi connectivity index (χ3v) is 2.37. The minimum absolute atomic E-state index is 0.128. The molecule has 0 aliphatic heterocycles. The van der Waals surface area contributed by atoms with Crippen molar-refractivity contribution in [2.24, 2.45) is 0 Å². The lowest BCUT2D eigenvalue weighted by atomic mass is 10.0. The van der Waals surface area contributed by atoms with Gasteiger partial charge in [-0.15, -0.1) is 11.8 Å². The standard InChI is InChI=1S/C14H18FN/c1-3-5-9-14(16-10-4-2)12-7-6-8-13(15)11-12/h6-8,11,14,16H,4,9-10H2,1-2H3. The SMILES string of the molecule is CC#CCC(NCCC)c1cccc(F)c1. The van der Waals surface area contributed by atoms with Crippen LogP contribution in [0.5, 0.6) is 0 Å². The van der Waals surface area contributed by atoms with Gasteiger partial charge in [0.05, 0.1) is 0 Å². The number of nitrogens with one attached hydrogen (secondary N) is 1. The van der Waals surface area contributed by atoms with Crippen LogP contribution in [0.3, 0.4) is 0 Å². The highest BCUT2D eigenvalue weighted by molar-refractivity contribution is 5.21. The molecule has 1 rings (SSSR count). The van der Waals surface area contributed by atoms with E-state index in [0.29, 0.717) is 0 Å². The maximum absolute atomic E-state index is 13.1. The minimum atomic E-state index is -0.190. The first kappa shape index (κ1) is 12.7. The first-order chi connectivity index (χ1) is 7.77. The van der Waals surface area contributed by atoms with Crippen LogP contribution in [-0.4, -0.2) is 6.54 Å². The summed E-state index contributed by atoms with van der Waals surface area (Å²) in [5, 5.41) is 3.38. The molecule has 1 aromatic rings. The monoisotopic (exact) mass is 219 g/mol. The van der Waals surface area contributed by atoms with Gasteiger partial charge in [-0.3, -0.25) is 0 Å². The molecule has 0 radical (unpaired) electrons. The highest BCUT2D eigenvalue weighted by Gasteiger charge is 2.09. The van der Waals surface area contributed by atoms with Crippen LogP contribution in [0.15, 0.2) is 24.3 Å². The second-order valence-electron chi connectivity index (χ2n) is 3.69. The Morgan fingerprint density at radius 2 is 2.25 bits per heavy atom. The molecule has 0 amide bonds. The van der Waals surface area contributed by atoms with Crippen molar-refractivity contribution >= 4 is 0 Å². The van der Waals surface area contributed by atoms with Gasteiger partial charge < -0.3 is 5.32 Å². The Labute approximate surface area is 97.1 Å². The normalized spacial score (nSPS) is 11.7. The fraction of sp³-hybridized carbons (Fsp3) is 0.429. The van der Waals surface area contributed by atoms with E-state index in [-0.39, 0.29) is 11.9 Å². The second kappa shape index (κ2) is 7.03. The van der Waals surface area contributed by atoms with E-state index >= 15 is 0 Å². The Morgan fingerprint density at radius 3 is 2.88 bits per heavy atom. The molecule has 0 saturated carbocycles. The van der Waals surface area contributed by atoms with E-state index in [1.54, 1.807) is 12.1 Å². The molecule has 0 saturated heterocycles. The predicted molar refractivity (Wildman–Crippen MR) is 65.5 cm³/mol. The fourth-order valence-corrected chi connectivity index (χ4v) is 1.55. The van der Waals surface area contributed by atoms with E-state index in [2.05, 4.69) is 24.1 Å². The molecule has 86 valence electrons. The molecule has 2 heteroatoms. The first-order valence-electron chi connectivity index (χ1n) is 5.66. The van der Waals surface area contributed by atoms with E-state index in [1.165, 1.54) is 6.07 Å². The van der Waals surface area contributed by atoms with Crippen LogP contribution in [0.4, 0.5) is 4.39 Å². The molecule has 1 aromatic carbocycles. The Hall–Kier alpha value is -1.33. The van der Waals surface area contributed by atoms with Crippen LogP contribution < -0.4 is 5.32 Å². The second-order valence-corrected chi connectivity index (χ2v) is 3.69. The smallest absolute Gasteiger partial charge is 0.123 e. The summed E-state index contributed by atoms with van der Waals surface area (Å²) in [5.41, 5.74) is 0.969. The summed E-state index contributed by atoms with van der Waals surface area (Å²) in [6, 6.07) is 6.85. The molecule has 0 spiro atoms. The lowest BCUT2D eigenvalue weighted by Crippen LogP contribution is -2.21. The van der Waals surface area contributed by atoms with Crippen molar-refractivity contribution in [2.75, 3.05) is 6.54 Å². The van der Waals surface area contributed by atoms with Crippen molar-refractivity contribution in [3.63, 3.8) is 0 Å². The van der Waals surface area contributed by atoms with Crippen LogP contribution in [0, 0.1) is 17.7 Å². The Balaban J connectivity index is 2.76. The van der Waals surface area contributed by atoms with Crippen molar-refractivity contribution in [3.05, 3.63) is 35.6 Å². The molecule has 0 bridgehead atoms. The number of benzene rings is 1. The molecule has 0 fully saturated rings. The van der Waals surface area contributed by atoms with E-state index < -0.39 is 0 Å². The summed E-state index contributed by atoms with van der Waals surface area (Å²) in [6.45, 7) is 4.86. The van der Waals surface area contributed by atoms with Gasteiger partial charge in [0.25, 0.3) is 0 Å². The topological polar surface area (TPSA) is 12.0 Å². The average Bonchev–Trinajstić information content (AvgIpc) is 2.29. The van der Waals surface area contributed by atoms with Gasteiger partial charge in [0, 0.05) is 12.5 Å². The van der Waals surface area contributed by atoms with Crippen molar-refractivity contribution in [2.45, 2.75) is 32.7 Å². The molecule has 1 unspecified atom stereocenters. The van der Waals surface area contributed by atoms with Crippen LogP contribution in [-0.2, 0) is 0 Å². The molecule has 16 heavy (non-hydrogen) atoms. The van der Waals surface area contributed by atoms with Gasteiger partial charge >= 0.3 is 0 Å². The predicted octanol–water partition coefficient (Wildman–Crippen LogP) is 3.28. The Morgan fingerprint density at radius 1 is 1.44 bits per heavy atom. The molecule has 0 heterocycles. The van der Waals surface area contributed by atoms with Gasteiger partial charge in [-0.1, -0.05) is 19.1 Å². The van der Waals surface area contributed by atoms with Crippen LogP contribution >= 0.6 is 0 Å². The zero-order valence-electron chi connectivity index (χ0n) is 9.89. The highest BCUT2D eigenvalue weighted by atomic mass is 19.1. The lowest BCUT2D eigenvalue weighted by molar-refractivity contribution is 0.536. The quantitative estimate of drug-likeness (QED) is 0.749. The first-order valence-corrected chi connectivity index (χ1v) is 5.66. The minimum Gasteiger partial charge on any atom is -0.309 e. The van der Waals surface area contributed by atoms with Crippen molar-refractivity contribution in [1.29, 1.82) is 0 Å². The van der Waals surface area contributed by atoms with Crippen molar-refractivity contribution < 1.29 is 4.39 Å². The third-order valence-electron chi connectivity index (χ3n) is 2.37. The van der Waals surface area contributed by atoms with E-state index in [1.807, 2.05) is 13.0 Å². The van der Waals surface area contributed by atoms with E-state index in [0.717, 1.165) is 24.9 Å². The number of hydrogen-bond acceptors (Lipinski definition) is 1. The lowest BCUT2D eigenvalue weighted by Gasteiger charge is -2.16. The number of rotatable bonds is 5. The summed E-state index contributed by atoms with van der Waals surface area (Å²) in [5.74, 6) is 5.73. The molecule has 1 atom stereocenters. The van der Waals surface area contributed by atoms with Gasteiger partial charge in [-0.05, 0) is 37.6 Å². The Kier molecular flexibility index (Phi) is 5.60. The number of halogens is 1. The average molecular weight is 219 g/mol. The molecule has 0 aliphatic carbocycles. The van der Waals surface area contributed by atoms with E-state index in [9.17, 15) is 4.39 Å². The van der Waals surface area contributed by atoms with E-state index in [4.69, 9.17) is 0 Å². The summed E-state index contributed by atoms with van der Waals surface area (Å²) in [6.07, 6.45) is 1.78. The van der Waals surface area contributed by atoms with Crippen molar-refractivity contribution in [3.8, 4) is 11.8 Å². The molecule has 1 N–H and O–H groups in total.